The van der Waals surface area contributed by atoms with Crippen LogP contribution in [-0.4, -0.2) is 42.7 Å². The molecule has 1 fully saturated rings. The molecule has 1 aliphatic heterocycles. The van der Waals surface area contributed by atoms with E-state index in [4.69, 9.17) is 0 Å². The summed E-state index contributed by atoms with van der Waals surface area (Å²) in [7, 11) is 2.10. The minimum Gasteiger partial charge on any atom is -0.480 e. The van der Waals surface area contributed by atoms with Gasteiger partial charge in [0.2, 0.25) is 0 Å². The van der Waals surface area contributed by atoms with Gasteiger partial charge in [0.05, 0.1) is 0 Å². The van der Waals surface area contributed by atoms with E-state index in [0.717, 1.165) is 31.6 Å². The molecule has 0 amide bonds. The van der Waals surface area contributed by atoms with Gasteiger partial charge in [-0.25, -0.2) is 0 Å². The van der Waals surface area contributed by atoms with E-state index in [2.05, 4.69) is 17.3 Å². The summed E-state index contributed by atoms with van der Waals surface area (Å²) >= 11 is 0. The molecule has 2 rings (SSSR count). The summed E-state index contributed by atoms with van der Waals surface area (Å²) < 4.78 is 0. The Morgan fingerprint density at radius 3 is 2.78 bits per heavy atom. The van der Waals surface area contributed by atoms with Crippen LogP contribution in [0.1, 0.15) is 18.0 Å². The van der Waals surface area contributed by atoms with Gasteiger partial charge in [-0.2, -0.15) is 0 Å². The van der Waals surface area contributed by atoms with Gasteiger partial charge in [0.25, 0.3) is 0 Å². The van der Waals surface area contributed by atoms with Gasteiger partial charge in [-0.1, -0.05) is 30.3 Å². The van der Waals surface area contributed by atoms with Crippen molar-refractivity contribution in [1.82, 2.24) is 10.2 Å². The van der Waals surface area contributed by atoms with Crippen LogP contribution in [0.2, 0.25) is 0 Å². The largest absolute Gasteiger partial charge is 0.480 e. The third-order valence-corrected chi connectivity index (χ3v) is 3.48. The van der Waals surface area contributed by atoms with Crippen LogP contribution in [0.5, 0.6) is 0 Å². The van der Waals surface area contributed by atoms with Gasteiger partial charge in [0.1, 0.15) is 6.04 Å². The first-order chi connectivity index (χ1) is 8.66. The van der Waals surface area contributed by atoms with Crippen LogP contribution in [0, 0.1) is 5.92 Å². The van der Waals surface area contributed by atoms with Crippen LogP contribution in [0.4, 0.5) is 0 Å². The van der Waals surface area contributed by atoms with Gasteiger partial charge >= 0.3 is 5.97 Å². The molecule has 1 heterocycles. The van der Waals surface area contributed by atoms with Gasteiger partial charge in [-0.05, 0) is 31.5 Å². The van der Waals surface area contributed by atoms with Crippen LogP contribution in [0.15, 0.2) is 30.3 Å². The molecule has 1 aromatic carbocycles. The zero-order chi connectivity index (χ0) is 13.0. The van der Waals surface area contributed by atoms with Gasteiger partial charge in [0, 0.05) is 13.1 Å². The fourth-order valence-corrected chi connectivity index (χ4v) is 2.47. The molecule has 2 atom stereocenters. The van der Waals surface area contributed by atoms with Gasteiger partial charge in [-0.15, -0.1) is 0 Å². The summed E-state index contributed by atoms with van der Waals surface area (Å²) in [6.07, 6.45) is 1.14. The van der Waals surface area contributed by atoms with Crippen LogP contribution < -0.4 is 5.32 Å². The molecule has 0 radical (unpaired) electrons. The lowest BCUT2D eigenvalue weighted by Crippen LogP contribution is -2.33. The highest BCUT2D eigenvalue weighted by Crippen LogP contribution is 2.17. The van der Waals surface area contributed by atoms with E-state index in [0.29, 0.717) is 5.92 Å². The SMILES string of the molecule is CN1CCC(CNC(C(=O)O)c2ccccc2)C1. The monoisotopic (exact) mass is 248 g/mol. The Hall–Kier alpha value is -1.39. The van der Waals surface area contributed by atoms with E-state index in [9.17, 15) is 9.90 Å². The lowest BCUT2D eigenvalue weighted by molar-refractivity contribution is -0.139. The van der Waals surface area contributed by atoms with Crippen molar-refractivity contribution in [3.05, 3.63) is 35.9 Å². The second-order valence-electron chi connectivity index (χ2n) is 5.01. The molecule has 1 aromatic rings. The molecule has 2 N–H and O–H groups in total. The number of carbonyl (C=O) groups is 1. The Morgan fingerprint density at radius 2 is 2.22 bits per heavy atom. The molecule has 4 nitrogen and oxygen atoms in total. The fourth-order valence-electron chi connectivity index (χ4n) is 2.47. The maximum atomic E-state index is 11.3. The summed E-state index contributed by atoms with van der Waals surface area (Å²) in [5.41, 5.74) is 0.816. The van der Waals surface area contributed by atoms with E-state index >= 15 is 0 Å². The van der Waals surface area contributed by atoms with E-state index in [-0.39, 0.29) is 0 Å². The summed E-state index contributed by atoms with van der Waals surface area (Å²) in [6.45, 7) is 2.92. The minimum atomic E-state index is -0.812. The van der Waals surface area contributed by atoms with Crippen LogP contribution in [-0.2, 0) is 4.79 Å². The second-order valence-corrected chi connectivity index (χ2v) is 5.01. The average molecular weight is 248 g/mol. The molecule has 18 heavy (non-hydrogen) atoms. The summed E-state index contributed by atoms with van der Waals surface area (Å²) in [6, 6.07) is 8.75. The molecule has 2 unspecified atom stereocenters. The molecular formula is C14H20N2O2. The predicted octanol–water partition coefficient (Wildman–Crippen LogP) is 1.35. The van der Waals surface area contributed by atoms with E-state index in [1.54, 1.807) is 0 Å². The predicted molar refractivity (Wildman–Crippen MR) is 70.4 cm³/mol. The average Bonchev–Trinajstić information content (AvgIpc) is 2.76. The Kier molecular flexibility index (Phi) is 4.33. The van der Waals surface area contributed by atoms with Gasteiger partial charge in [0.15, 0.2) is 0 Å². The topological polar surface area (TPSA) is 52.6 Å². The van der Waals surface area contributed by atoms with Crippen molar-refractivity contribution in [2.75, 3.05) is 26.7 Å². The number of hydrogen-bond donors (Lipinski definition) is 2. The van der Waals surface area contributed by atoms with E-state index in [1.807, 2.05) is 30.3 Å². The standard InChI is InChI=1S/C14H20N2O2/c1-16-8-7-11(10-16)9-15-13(14(17)18)12-5-3-2-4-6-12/h2-6,11,13,15H,7-10H2,1H3,(H,17,18). The Balaban J connectivity index is 1.93. The summed E-state index contributed by atoms with van der Waals surface area (Å²) in [5.74, 6) is -0.256. The molecule has 0 bridgehead atoms. The van der Waals surface area contributed by atoms with Crippen LogP contribution in [0.3, 0.4) is 0 Å². The first-order valence-electron chi connectivity index (χ1n) is 6.36. The van der Waals surface area contributed by atoms with Crippen molar-refractivity contribution >= 4 is 5.97 Å². The normalized spacial score (nSPS) is 21.9. The lowest BCUT2D eigenvalue weighted by Gasteiger charge is -2.18. The third kappa shape index (κ3) is 3.31. The number of likely N-dealkylation sites (tertiary alicyclic amines) is 1. The Bertz CT molecular complexity index is 394. The van der Waals surface area contributed by atoms with Crippen molar-refractivity contribution < 1.29 is 9.90 Å². The first kappa shape index (κ1) is 13.1. The van der Waals surface area contributed by atoms with Gasteiger partial charge < -0.3 is 15.3 Å². The molecule has 0 saturated carbocycles. The number of hydrogen-bond acceptors (Lipinski definition) is 3. The number of aliphatic carboxylic acids is 1. The highest BCUT2D eigenvalue weighted by atomic mass is 16.4. The number of carboxylic acids is 1. The number of carboxylic acid groups (broad SMARTS) is 1. The minimum absolute atomic E-state index is 0.556. The zero-order valence-corrected chi connectivity index (χ0v) is 10.7. The quantitative estimate of drug-likeness (QED) is 0.826. The number of nitrogens with one attached hydrogen (secondary N) is 1. The van der Waals surface area contributed by atoms with Crippen molar-refractivity contribution in [2.45, 2.75) is 12.5 Å². The van der Waals surface area contributed by atoms with Crippen molar-refractivity contribution in [1.29, 1.82) is 0 Å². The molecule has 0 spiro atoms. The Morgan fingerprint density at radius 1 is 1.50 bits per heavy atom. The third-order valence-electron chi connectivity index (χ3n) is 3.48. The smallest absolute Gasteiger partial charge is 0.325 e. The molecule has 1 saturated heterocycles. The number of benzene rings is 1. The molecule has 0 aliphatic carbocycles. The Labute approximate surface area is 108 Å². The van der Waals surface area contributed by atoms with E-state index < -0.39 is 12.0 Å². The number of rotatable bonds is 5. The van der Waals surface area contributed by atoms with Crippen molar-refractivity contribution in [3.63, 3.8) is 0 Å². The van der Waals surface area contributed by atoms with E-state index in [1.165, 1.54) is 0 Å². The fraction of sp³-hybridized carbons (Fsp3) is 0.500. The van der Waals surface area contributed by atoms with Crippen molar-refractivity contribution in [2.24, 2.45) is 5.92 Å². The second kappa shape index (κ2) is 5.98. The molecule has 1 aliphatic rings. The molecule has 0 aromatic heterocycles. The summed E-state index contributed by atoms with van der Waals surface area (Å²) in [4.78, 5) is 13.6. The maximum absolute atomic E-state index is 11.3. The lowest BCUT2D eigenvalue weighted by atomic mass is 10.0. The first-order valence-corrected chi connectivity index (χ1v) is 6.36. The molecule has 98 valence electrons. The van der Waals surface area contributed by atoms with Gasteiger partial charge in [-0.3, -0.25) is 4.79 Å². The maximum Gasteiger partial charge on any atom is 0.325 e. The highest BCUT2D eigenvalue weighted by molar-refractivity contribution is 5.75. The zero-order valence-electron chi connectivity index (χ0n) is 10.7. The summed E-state index contributed by atoms with van der Waals surface area (Å²) in [5, 5.41) is 12.5. The highest BCUT2D eigenvalue weighted by Gasteiger charge is 2.23. The van der Waals surface area contributed by atoms with Crippen LogP contribution >= 0.6 is 0 Å². The van der Waals surface area contributed by atoms with Crippen LogP contribution in [0.25, 0.3) is 0 Å². The molecular weight excluding hydrogens is 228 g/mol. The number of nitrogens with zero attached hydrogens (tertiary/aromatic N) is 1. The van der Waals surface area contributed by atoms with Crippen molar-refractivity contribution in [3.8, 4) is 0 Å². The molecule has 4 heteroatoms.